The lowest BCUT2D eigenvalue weighted by Gasteiger charge is -2.33. The fourth-order valence-corrected chi connectivity index (χ4v) is 5.72. The van der Waals surface area contributed by atoms with Crippen molar-refractivity contribution in [3.8, 4) is 0 Å². The van der Waals surface area contributed by atoms with Gasteiger partial charge in [0.15, 0.2) is 0 Å². The molecule has 0 heterocycles. The molecule has 0 aromatic rings. The van der Waals surface area contributed by atoms with Gasteiger partial charge < -0.3 is 0 Å². The maximum absolute atomic E-state index is 13.1. The third-order valence-corrected chi connectivity index (χ3v) is 13.3. The van der Waals surface area contributed by atoms with Gasteiger partial charge in [0.05, 0.1) is 0 Å². The summed E-state index contributed by atoms with van der Waals surface area (Å²) in [6, 6.07) is 0. The second-order valence-electron chi connectivity index (χ2n) is 3.49. The monoisotopic (exact) mass is 919 g/mol. The van der Waals surface area contributed by atoms with Crippen molar-refractivity contribution >= 4 is 151 Å². The lowest BCUT2D eigenvalue weighted by Crippen LogP contribution is -2.25. The van der Waals surface area contributed by atoms with E-state index in [1.807, 2.05) is 0 Å². The quantitative estimate of drug-likeness (QED) is 0.171. The van der Waals surface area contributed by atoms with Crippen molar-refractivity contribution in [2.45, 2.75) is 10.3 Å². The molecule has 0 saturated carbocycles. The number of rotatable bonds is 9. The molecule has 0 amide bonds. The van der Waals surface area contributed by atoms with Crippen molar-refractivity contribution in [3.05, 3.63) is 33.2 Å². The molecule has 0 bridgehead atoms. The lowest BCUT2D eigenvalue weighted by molar-refractivity contribution is 0.104. The van der Waals surface area contributed by atoms with Crippen molar-refractivity contribution in [1.82, 2.24) is 0 Å². The minimum absolute atomic E-state index is 0.275. The minimum atomic E-state index is -4.30. The van der Waals surface area contributed by atoms with E-state index in [2.05, 4.69) is 163 Å². The first kappa shape index (κ1) is 26.6. The Morgan fingerprint density at radius 1 is 0.652 bits per heavy atom. The van der Waals surface area contributed by atoms with Crippen molar-refractivity contribution < 1.29 is 18.1 Å². The van der Waals surface area contributed by atoms with E-state index in [-0.39, 0.29) is 13.4 Å². The topological polar surface area (TPSA) is 44.8 Å². The Hall–Kier alpha value is 3.65. The minimum Gasteiger partial charge on any atom is -0.253 e. The molecule has 134 valence electrons. The number of hydrogen-bond donors (Lipinski definition) is 0. The van der Waals surface area contributed by atoms with Gasteiger partial charge in [0.25, 0.3) is 0 Å². The standard InChI is InChI=1S/C9H6Br9O4P/c1-4(10)7(13,14)20-23(19,21-8(15,16)5(2)11)22-9(17,18)6(3)12/h1-3H2. The summed E-state index contributed by atoms with van der Waals surface area (Å²) in [6.07, 6.45) is 0. The molecular formula is C9H6Br9O4P. The fraction of sp³-hybridized carbons (Fsp3) is 0.333. The third-order valence-electron chi connectivity index (χ3n) is 1.63. The summed E-state index contributed by atoms with van der Waals surface area (Å²) in [5.74, 6) is 0. The van der Waals surface area contributed by atoms with Crippen LogP contribution >= 0.6 is 151 Å². The normalized spacial score (nSPS) is 13.8. The van der Waals surface area contributed by atoms with Crippen molar-refractivity contribution in [1.29, 1.82) is 0 Å². The van der Waals surface area contributed by atoms with Crippen LogP contribution in [-0.4, -0.2) is 10.3 Å². The van der Waals surface area contributed by atoms with Crippen molar-refractivity contribution in [2.75, 3.05) is 0 Å². The van der Waals surface area contributed by atoms with Crippen LogP contribution < -0.4 is 0 Å². The van der Waals surface area contributed by atoms with Crippen LogP contribution in [0.4, 0.5) is 0 Å². The zero-order valence-electron chi connectivity index (χ0n) is 10.6. The van der Waals surface area contributed by atoms with Crippen LogP contribution in [0.15, 0.2) is 33.2 Å². The highest BCUT2D eigenvalue weighted by Crippen LogP contribution is 2.66. The van der Waals surface area contributed by atoms with Gasteiger partial charge >= 0.3 is 7.82 Å². The summed E-state index contributed by atoms with van der Waals surface area (Å²) >= 11 is 28.3. The van der Waals surface area contributed by atoms with Crippen LogP contribution in [0.1, 0.15) is 0 Å². The zero-order chi connectivity index (χ0) is 18.9. The first-order valence-corrected chi connectivity index (χ1v) is 13.5. The van der Waals surface area contributed by atoms with Gasteiger partial charge in [0.2, 0.25) is 10.3 Å². The van der Waals surface area contributed by atoms with Crippen molar-refractivity contribution in [2.24, 2.45) is 0 Å². The number of phosphoric ester groups is 1. The van der Waals surface area contributed by atoms with E-state index in [1.165, 1.54) is 0 Å². The maximum atomic E-state index is 13.1. The molecule has 0 aliphatic heterocycles. The van der Waals surface area contributed by atoms with Gasteiger partial charge in [-0.3, -0.25) is 13.6 Å². The first-order chi connectivity index (χ1) is 9.95. The second-order valence-corrected chi connectivity index (χ2v) is 17.7. The predicted octanol–water partition coefficient (Wildman–Crippen LogP) is 9.20. The lowest BCUT2D eigenvalue weighted by atomic mass is 10.7. The van der Waals surface area contributed by atoms with E-state index in [0.29, 0.717) is 0 Å². The van der Waals surface area contributed by atoms with Gasteiger partial charge in [-0.05, 0) is 95.6 Å². The van der Waals surface area contributed by atoms with Crippen LogP contribution in [-0.2, 0) is 18.1 Å². The molecule has 0 spiro atoms. The third kappa shape index (κ3) is 9.13. The summed E-state index contributed by atoms with van der Waals surface area (Å²) in [4.78, 5) is 0. The van der Waals surface area contributed by atoms with Crippen molar-refractivity contribution in [3.63, 3.8) is 0 Å². The van der Waals surface area contributed by atoms with E-state index in [9.17, 15) is 4.57 Å². The average molecular weight is 928 g/mol. The van der Waals surface area contributed by atoms with Gasteiger partial charge in [-0.25, -0.2) is 4.57 Å². The molecular weight excluding hydrogens is 922 g/mol. The van der Waals surface area contributed by atoms with Gasteiger partial charge in [-0.15, -0.1) is 0 Å². The molecule has 0 aliphatic carbocycles. The summed E-state index contributed by atoms with van der Waals surface area (Å²) < 4.78 is 25.9. The van der Waals surface area contributed by atoms with Crippen LogP contribution in [0, 0.1) is 0 Å². The second kappa shape index (κ2) is 9.91. The van der Waals surface area contributed by atoms with E-state index < -0.39 is 18.1 Å². The molecule has 4 nitrogen and oxygen atoms in total. The SMILES string of the molecule is C=C(Br)C(Br)(Br)OP(=O)(OC(Br)(Br)C(=C)Br)OC(Br)(Br)C(=C)Br. The largest absolute Gasteiger partial charge is 0.481 e. The van der Waals surface area contributed by atoms with Crippen LogP contribution in [0.2, 0.25) is 0 Å². The molecule has 0 aliphatic rings. The molecule has 0 radical (unpaired) electrons. The first-order valence-electron chi connectivity index (χ1n) is 4.85. The maximum Gasteiger partial charge on any atom is 0.481 e. The average Bonchev–Trinajstić information content (AvgIpc) is 2.24. The summed E-state index contributed by atoms with van der Waals surface area (Å²) in [5, 5.41) is 0. The molecule has 0 unspecified atom stereocenters. The molecule has 0 saturated heterocycles. The van der Waals surface area contributed by atoms with E-state index in [1.54, 1.807) is 0 Å². The van der Waals surface area contributed by atoms with Gasteiger partial charge in [0, 0.05) is 13.4 Å². The number of hydrogen-bond acceptors (Lipinski definition) is 4. The summed E-state index contributed by atoms with van der Waals surface area (Å²) in [6.45, 7) is 10.9. The Labute approximate surface area is 209 Å². The Bertz CT molecular complexity index is 483. The Morgan fingerprint density at radius 2 is 0.826 bits per heavy atom. The van der Waals surface area contributed by atoms with Crippen LogP contribution in [0.3, 0.4) is 0 Å². The predicted molar refractivity (Wildman–Crippen MR) is 127 cm³/mol. The number of halogens is 9. The molecule has 0 aromatic carbocycles. The summed E-state index contributed by atoms with van der Waals surface area (Å²) in [5.41, 5.74) is 0. The smallest absolute Gasteiger partial charge is 0.253 e. The Morgan fingerprint density at radius 3 is 0.957 bits per heavy atom. The van der Waals surface area contributed by atoms with Gasteiger partial charge in [-0.2, -0.15) is 0 Å². The Kier molecular flexibility index (Phi) is 11.5. The zero-order valence-corrected chi connectivity index (χ0v) is 25.8. The molecule has 0 rings (SSSR count). The number of alkyl halides is 6. The molecule has 0 fully saturated rings. The highest BCUT2D eigenvalue weighted by atomic mass is 79.9. The molecule has 23 heavy (non-hydrogen) atoms. The molecule has 0 N–H and O–H groups in total. The molecule has 14 heteroatoms. The highest BCUT2D eigenvalue weighted by Gasteiger charge is 2.49. The van der Waals surface area contributed by atoms with Gasteiger partial charge in [-0.1, -0.05) is 67.5 Å². The number of phosphoric acid groups is 1. The van der Waals surface area contributed by atoms with Crippen LogP contribution in [0.5, 0.6) is 0 Å². The fourth-order valence-electron chi connectivity index (χ4n) is 0.626. The van der Waals surface area contributed by atoms with E-state index in [4.69, 9.17) is 13.6 Å². The highest BCUT2D eigenvalue weighted by molar-refractivity contribution is 9.27. The van der Waals surface area contributed by atoms with E-state index in [0.717, 1.165) is 0 Å². The van der Waals surface area contributed by atoms with Gasteiger partial charge in [0.1, 0.15) is 0 Å². The van der Waals surface area contributed by atoms with Crippen LogP contribution in [0.25, 0.3) is 0 Å². The molecule has 0 atom stereocenters. The molecule has 0 aromatic heterocycles. The Balaban J connectivity index is 5.80. The summed E-state index contributed by atoms with van der Waals surface area (Å²) in [7, 11) is -4.30. The van der Waals surface area contributed by atoms with E-state index >= 15 is 0 Å².